The molecule has 2 saturated heterocycles. The third-order valence-electron chi connectivity index (χ3n) is 5.43. The van der Waals surface area contributed by atoms with Gasteiger partial charge in [-0.15, -0.1) is 0 Å². The summed E-state index contributed by atoms with van der Waals surface area (Å²) in [5, 5.41) is 0. The molecule has 0 aromatic carbocycles. The zero-order chi connectivity index (χ0) is 14.6. The maximum Gasteiger partial charge on any atom is 0.0276 e. The van der Waals surface area contributed by atoms with Crippen molar-refractivity contribution in [3.8, 4) is 0 Å². The summed E-state index contributed by atoms with van der Waals surface area (Å²) in [7, 11) is 2.30. The van der Waals surface area contributed by atoms with E-state index in [2.05, 4.69) is 35.6 Å². The van der Waals surface area contributed by atoms with E-state index < -0.39 is 0 Å². The van der Waals surface area contributed by atoms with Crippen LogP contribution in [0.25, 0.3) is 0 Å². The van der Waals surface area contributed by atoms with Crippen LogP contribution in [-0.4, -0.2) is 79.1 Å². The minimum atomic E-state index is 0.162. The highest BCUT2D eigenvalue weighted by molar-refractivity contribution is 4.86. The van der Waals surface area contributed by atoms with Gasteiger partial charge in [0.25, 0.3) is 0 Å². The van der Waals surface area contributed by atoms with Gasteiger partial charge < -0.3 is 15.5 Å². The van der Waals surface area contributed by atoms with Gasteiger partial charge in [0, 0.05) is 44.3 Å². The zero-order valence-corrected chi connectivity index (χ0v) is 13.8. The van der Waals surface area contributed by atoms with Crippen LogP contribution < -0.4 is 5.73 Å². The molecule has 0 aliphatic carbocycles. The molecule has 4 nitrogen and oxygen atoms in total. The number of nitrogens with zero attached hydrogens (tertiary/aromatic N) is 3. The lowest BCUT2D eigenvalue weighted by atomic mass is 9.99. The summed E-state index contributed by atoms with van der Waals surface area (Å²) < 4.78 is 0. The molecular weight excluding hydrogens is 248 g/mol. The normalized spacial score (nSPS) is 27.9. The van der Waals surface area contributed by atoms with E-state index in [0.717, 1.165) is 12.6 Å². The summed E-state index contributed by atoms with van der Waals surface area (Å²) in [6.07, 6.45) is 5.56. The average molecular weight is 282 g/mol. The van der Waals surface area contributed by atoms with Gasteiger partial charge in [-0.1, -0.05) is 6.42 Å². The first-order valence-corrected chi connectivity index (χ1v) is 8.40. The first kappa shape index (κ1) is 16.2. The van der Waals surface area contributed by atoms with Crippen LogP contribution in [0.5, 0.6) is 0 Å². The van der Waals surface area contributed by atoms with Crippen LogP contribution in [0.1, 0.15) is 39.5 Å². The van der Waals surface area contributed by atoms with Crippen LogP contribution in [0.2, 0.25) is 0 Å². The molecule has 118 valence electrons. The Labute approximate surface area is 125 Å². The molecule has 2 rings (SSSR count). The number of likely N-dealkylation sites (tertiary alicyclic amines) is 1. The number of piperazine rings is 1. The van der Waals surface area contributed by atoms with E-state index in [-0.39, 0.29) is 5.54 Å². The van der Waals surface area contributed by atoms with Gasteiger partial charge in [-0.05, 0) is 53.2 Å². The molecule has 0 aromatic rings. The third-order valence-corrected chi connectivity index (χ3v) is 5.43. The number of hydrogen-bond acceptors (Lipinski definition) is 4. The summed E-state index contributed by atoms with van der Waals surface area (Å²) in [6.45, 7) is 12.6. The van der Waals surface area contributed by atoms with Crippen molar-refractivity contribution in [2.24, 2.45) is 5.73 Å². The van der Waals surface area contributed by atoms with Crippen molar-refractivity contribution in [1.82, 2.24) is 14.7 Å². The second kappa shape index (κ2) is 7.21. The van der Waals surface area contributed by atoms with E-state index >= 15 is 0 Å². The molecule has 2 aliphatic heterocycles. The lowest BCUT2D eigenvalue weighted by molar-refractivity contribution is 0.0510. The fourth-order valence-electron chi connectivity index (χ4n) is 3.55. The molecule has 2 heterocycles. The first-order valence-electron chi connectivity index (χ1n) is 8.40. The summed E-state index contributed by atoms with van der Waals surface area (Å²) in [5.41, 5.74) is 6.04. The predicted octanol–water partition coefficient (Wildman–Crippen LogP) is 1.22. The van der Waals surface area contributed by atoms with Crippen LogP contribution in [0.15, 0.2) is 0 Å². The van der Waals surface area contributed by atoms with Crippen molar-refractivity contribution in [2.75, 3.05) is 52.9 Å². The average Bonchev–Trinajstić information content (AvgIpc) is 2.47. The highest BCUT2D eigenvalue weighted by Gasteiger charge is 2.29. The van der Waals surface area contributed by atoms with Crippen molar-refractivity contribution in [1.29, 1.82) is 0 Å². The van der Waals surface area contributed by atoms with Gasteiger partial charge in [0.15, 0.2) is 0 Å². The highest BCUT2D eigenvalue weighted by atomic mass is 15.3. The Morgan fingerprint density at radius 1 is 1.05 bits per heavy atom. The van der Waals surface area contributed by atoms with Crippen molar-refractivity contribution in [2.45, 2.75) is 51.1 Å². The fraction of sp³-hybridized carbons (Fsp3) is 1.00. The Kier molecular flexibility index (Phi) is 5.84. The molecule has 2 fully saturated rings. The molecule has 0 aromatic heterocycles. The van der Waals surface area contributed by atoms with Crippen LogP contribution in [0.4, 0.5) is 0 Å². The largest absolute Gasteiger partial charge is 0.329 e. The molecule has 0 radical (unpaired) electrons. The topological polar surface area (TPSA) is 35.7 Å². The quantitative estimate of drug-likeness (QED) is 0.822. The lowest BCUT2D eigenvalue weighted by Crippen LogP contribution is -2.57. The molecular formula is C16H34N4. The van der Waals surface area contributed by atoms with Crippen molar-refractivity contribution < 1.29 is 0 Å². The maximum atomic E-state index is 5.88. The van der Waals surface area contributed by atoms with Crippen LogP contribution in [-0.2, 0) is 0 Å². The fourth-order valence-corrected chi connectivity index (χ4v) is 3.55. The molecule has 1 unspecified atom stereocenters. The Morgan fingerprint density at radius 3 is 2.35 bits per heavy atom. The molecule has 0 bridgehead atoms. The smallest absolute Gasteiger partial charge is 0.0276 e. The monoisotopic (exact) mass is 282 g/mol. The number of rotatable bonds is 5. The number of nitrogens with two attached hydrogens (primary N) is 1. The third kappa shape index (κ3) is 4.17. The Balaban J connectivity index is 1.69. The number of hydrogen-bond donors (Lipinski definition) is 1. The highest BCUT2D eigenvalue weighted by Crippen LogP contribution is 2.19. The molecule has 2 N–H and O–H groups in total. The summed E-state index contributed by atoms with van der Waals surface area (Å²) in [5.74, 6) is 0. The molecule has 0 spiro atoms. The van der Waals surface area contributed by atoms with E-state index in [1.54, 1.807) is 0 Å². The summed E-state index contributed by atoms with van der Waals surface area (Å²) in [4.78, 5) is 7.76. The van der Waals surface area contributed by atoms with Crippen LogP contribution in [0, 0.1) is 0 Å². The van der Waals surface area contributed by atoms with E-state index in [0.29, 0.717) is 0 Å². The first-order chi connectivity index (χ1) is 9.53. The molecule has 20 heavy (non-hydrogen) atoms. The molecule has 0 amide bonds. The van der Waals surface area contributed by atoms with Crippen molar-refractivity contribution >= 4 is 0 Å². The Morgan fingerprint density at radius 2 is 1.75 bits per heavy atom. The maximum absolute atomic E-state index is 5.88. The SMILES string of the molecule is CN1CCCCC1CCN1CCN(C(C)(C)CN)CC1. The standard InChI is InChI=1S/C16H34N4/c1-16(2,14-17)20-12-10-19(11-13-20)9-7-15-6-4-5-8-18(15)3/h15H,4-14,17H2,1-3H3. The molecule has 2 aliphatic rings. The Bertz CT molecular complexity index is 284. The van der Waals surface area contributed by atoms with Gasteiger partial charge in [-0.25, -0.2) is 0 Å². The van der Waals surface area contributed by atoms with E-state index in [1.165, 1.54) is 65.0 Å². The van der Waals surface area contributed by atoms with Crippen LogP contribution >= 0.6 is 0 Å². The van der Waals surface area contributed by atoms with Crippen molar-refractivity contribution in [3.05, 3.63) is 0 Å². The minimum absolute atomic E-state index is 0.162. The van der Waals surface area contributed by atoms with E-state index in [9.17, 15) is 0 Å². The van der Waals surface area contributed by atoms with E-state index in [4.69, 9.17) is 5.73 Å². The Hall–Kier alpha value is -0.160. The van der Waals surface area contributed by atoms with Gasteiger partial charge in [-0.3, -0.25) is 4.90 Å². The van der Waals surface area contributed by atoms with Gasteiger partial charge in [0.05, 0.1) is 0 Å². The molecule has 0 saturated carbocycles. The van der Waals surface area contributed by atoms with Gasteiger partial charge in [-0.2, -0.15) is 0 Å². The second-order valence-electron chi connectivity index (χ2n) is 7.26. The van der Waals surface area contributed by atoms with E-state index in [1.807, 2.05) is 0 Å². The van der Waals surface area contributed by atoms with Crippen LogP contribution in [0.3, 0.4) is 0 Å². The molecule has 4 heteroatoms. The summed E-state index contributed by atoms with van der Waals surface area (Å²) in [6, 6.07) is 0.822. The van der Waals surface area contributed by atoms with Gasteiger partial charge >= 0.3 is 0 Å². The lowest BCUT2D eigenvalue weighted by Gasteiger charge is -2.44. The number of piperidine rings is 1. The van der Waals surface area contributed by atoms with Gasteiger partial charge in [0.2, 0.25) is 0 Å². The van der Waals surface area contributed by atoms with Crippen molar-refractivity contribution in [3.63, 3.8) is 0 Å². The summed E-state index contributed by atoms with van der Waals surface area (Å²) >= 11 is 0. The minimum Gasteiger partial charge on any atom is -0.329 e. The van der Waals surface area contributed by atoms with Gasteiger partial charge in [0.1, 0.15) is 0 Å². The molecule has 1 atom stereocenters. The predicted molar refractivity (Wildman–Crippen MR) is 86.0 cm³/mol. The second-order valence-corrected chi connectivity index (χ2v) is 7.26. The zero-order valence-electron chi connectivity index (χ0n) is 13.8.